The van der Waals surface area contributed by atoms with Crippen LogP contribution in [0.4, 0.5) is 37.7 Å². The number of halogens is 8. The highest BCUT2D eigenvalue weighted by Gasteiger charge is 2.35. The minimum absolute atomic E-state index is 0.365. The van der Waals surface area contributed by atoms with Gasteiger partial charge in [-0.3, -0.25) is 4.79 Å². The van der Waals surface area contributed by atoms with Crippen LogP contribution in [0.2, 0.25) is 10.0 Å². The van der Waals surface area contributed by atoms with E-state index >= 15 is 0 Å². The molecule has 0 aliphatic heterocycles. The van der Waals surface area contributed by atoms with Crippen LogP contribution < -0.4 is 14.5 Å². The van der Waals surface area contributed by atoms with Crippen molar-refractivity contribution in [1.82, 2.24) is 0 Å². The van der Waals surface area contributed by atoms with Crippen molar-refractivity contribution in [1.29, 1.82) is 0 Å². The summed E-state index contributed by atoms with van der Waals surface area (Å²) in [5, 5.41) is 6.50. The van der Waals surface area contributed by atoms with E-state index in [1.54, 1.807) is 18.2 Å². The zero-order chi connectivity index (χ0) is 29.0. The molecule has 6 nitrogen and oxygen atoms in total. The van der Waals surface area contributed by atoms with Gasteiger partial charge in [-0.2, -0.15) is 31.4 Å². The van der Waals surface area contributed by atoms with Crippen molar-refractivity contribution in [2.75, 3.05) is 19.2 Å². The Morgan fingerprint density at radius 3 is 1.90 bits per heavy atom. The molecule has 0 aliphatic rings. The lowest BCUT2D eigenvalue weighted by molar-refractivity contribution is -0.138. The van der Waals surface area contributed by atoms with E-state index in [9.17, 15) is 31.1 Å². The van der Waals surface area contributed by atoms with Gasteiger partial charge in [-0.25, -0.2) is 0 Å². The first-order chi connectivity index (χ1) is 18.2. The third kappa shape index (κ3) is 7.64. The van der Waals surface area contributed by atoms with Crippen LogP contribution in [-0.4, -0.2) is 20.1 Å². The normalized spacial score (nSPS) is 12.3. The van der Waals surface area contributed by atoms with E-state index < -0.39 is 45.1 Å². The quantitative estimate of drug-likeness (QED) is 0.119. The molecule has 1 amide bonds. The summed E-state index contributed by atoms with van der Waals surface area (Å²) in [7, 11) is 2.82. The van der Waals surface area contributed by atoms with Gasteiger partial charge in [0.15, 0.2) is 0 Å². The largest absolute Gasteiger partial charge is 0.497 e. The number of alkyl halides is 6. The number of anilines is 1. The van der Waals surface area contributed by atoms with Crippen molar-refractivity contribution in [3.63, 3.8) is 0 Å². The van der Waals surface area contributed by atoms with Crippen LogP contribution in [0.3, 0.4) is 0 Å². The second-order valence-electron chi connectivity index (χ2n) is 7.64. The number of amides is 1. The van der Waals surface area contributed by atoms with Gasteiger partial charge in [0, 0.05) is 12.1 Å². The van der Waals surface area contributed by atoms with Crippen LogP contribution in [0.5, 0.6) is 11.5 Å². The van der Waals surface area contributed by atoms with Crippen LogP contribution in [-0.2, 0) is 17.1 Å². The number of hydrogen-bond donors (Lipinski definition) is 0. The summed E-state index contributed by atoms with van der Waals surface area (Å²) in [6.07, 6.45) is -7.40. The predicted octanol–water partition coefficient (Wildman–Crippen LogP) is 8.79. The Morgan fingerprint density at radius 1 is 0.821 bits per heavy atom. The van der Waals surface area contributed by atoms with Gasteiger partial charge in [-0.1, -0.05) is 28.4 Å². The van der Waals surface area contributed by atoms with Crippen LogP contribution in [0.25, 0.3) is 6.08 Å². The van der Waals surface area contributed by atoms with Gasteiger partial charge < -0.3 is 9.47 Å². The monoisotopic (exact) mass is 591 g/mol. The lowest BCUT2D eigenvalue weighted by Gasteiger charge is -2.17. The second-order valence-corrected chi connectivity index (χ2v) is 8.46. The average Bonchev–Trinajstić information content (AvgIpc) is 2.87. The molecule has 0 bridgehead atoms. The topological polar surface area (TPSA) is 63.5 Å². The summed E-state index contributed by atoms with van der Waals surface area (Å²) in [5.41, 5.74) is -2.82. The Hall–Kier alpha value is -3.77. The number of carbonyl (C=O) groups is 1. The van der Waals surface area contributed by atoms with E-state index in [-0.39, 0.29) is 5.69 Å². The maximum Gasteiger partial charge on any atom is 0.417 e. The summed E-state index contributed by atoms with van der Waals surface area (Å²) in [5.74, 6) is -0.191. The second kappa shape index (κ2) is 12.0. The Balaban J connectivity index is 2.06. The molecule has 3 aromatic carbocycles. The van der Waals surface area contributed by atoms with Crippen LogP contribution in [0.1, 0.15) is 16.7 Å². The number of methoxy groups -OCH3 is 2. The Labute approximate surface area is 228 Å². The fraction of sp³-hybridized carbons (Fsp3) is 0.160. The van der Waals surface area contributed by atoms with Crippen LogP contribution in [0, 0.1) is 0 Å². The van der Waals surface area contributed by atoms with Crippen LogP contribution >= 0.6 is 23.2 Å². The van der Waals surface area contributed by atoms with Gasteiger partial charge >= 0.3 is 12.4 Å². The van der Waals surface area contributed by atoms with E-state index in [1.807, 2.05) is 0 Å². The maximum absolute atomic E-state index is 13.5. The van der Waals surface area contributed by atoms with Crippen molar-refractivity contribution >= 4 is 46.6 Å². The lowest BCUT2D eigenvalue weighted by Crippen LogP contribution is -2.23. The van der Waals surface area contributed by atoms with Gasteiger partial charge in [-0.15, -0.1) is 5.11 Å². The zero-order valence-corrected chi connectivity index (χ0v) is 21.5. The van der Waals surface area contributed by atoms with Gasteiger partial charge in [0.2, 0.25) is 0 Å². The summed E-state index contributed by atoms with van der Waals surface area (Å²) in [4.78, 5) is 13.1. The van der Waals surface area contributed by atoms with E-state index in [2.05, 4.69) is 10.3 Å². The summed E-state index contributed by atoms with van der Waals surface area (Å²) >= 11 is 11.3. The minimum atomic E-state index is -4.87. The summed E-state index contributed by atoms with van der Waals surface area (Å²) in [6.45, 7) is 0. The first-order valence-electron chi connectivity index (χ1n) is 10.6. The van der Waals surface area contributed by atoms with Crippen molar-refractivity contribution in [3.8, 4) is 11.5 Å². The van der Waals surface area contributed by atoms with E-state index in [4.69, 9.17) is 32.7 Å². The Bertz CT molecular complexity index is 1400. The number of nitrogens with zero attached hydrogens (tertiary/aromatic N) is 3. The van der Waals surface area contributed by atoms with Crippen molar-refractivity contribution in [2.24, 2.45) is 10.3 Å². The summed E-state index contributed by atoms with van der Waals surface area (Å²) in [6, 6.07) is 9.79. The predicted molar refractivity (Wildman–Crippen MR) is 133 cm³/mol. The van der Waals surface area contributed by atoms with E-state index in [0.29, 0.717) is 34.2 Å². The molecule has 0 radical (unpaired) electrons. The number of hydrogen-bond acceptors (Lipinski definition) is 5. The molecule has 3 rings (SSSR count). The third-order valence-electron chi connectivity index (χ3n) is 5.01. The molecule has 14 heteroatoms. The summed E-state index contributed by atoms with van der Waals surface area (Å²) < 4.78 is 90.3. The van der Waals surface area contributed by atoms with Crippen LogP contribution in [0.15, 0.2) is 71.0 Å². The van der Waals surface area contributed by atoms with E-state index in [0.717, 1.165) is 30.3 Å². The minimum Gasteiger partial charge on any atom is -0.497 e. The van der Waals surface area contributed by atoms with Crippen molar-refractivity contribution in [2.45, 2.75) is 12.4 Å². The Morgan fingerprint density at radius 2 is 1.36 bits per heavy atom. The molecule has 0 spiro atoms. The number of carbonyl (C=O) groups excluding carboxylic acids is 1. The average molecular weight is 592 g/mol. The first kappa shape index (κ1) is 29.8. The van der Waals surface area contributed by atoms with Gasteiger partial charge in [0.1, 0.15) is 11.5 Å². The molecule has 3 aromatic rings. The molecular formula is C25H17Cl2F6N3O3. The molecule has 0 heterocycles. The highest BCUT2D eigenvalue weighted by molar-refractivity contribution is 6.31. The molecule has 0 saturated carbocycles. The third-order valence-corrected chi connectivity index (χ3v) is 5.66. The molecule has 0 saturated heterocycles. The fourth-order valence-corrected chi connectivity index (χ4v) is 3.59. The number of benzene rings is 3. The SMILES string of the molecule is COc1cc(/C=C/C(=O)N(N=Nc2ccc(Cl)c(C(F)(F)F)c2)c2ccc(Cl)c(C(F)(F)F)c2)cc(OC)c1. The van der Waals surface area contributed by atoms with Crippen molar-refractivity contribution < 1.29 is 40.6 Å². The molecule has 0 fully saturated rings. The Kier molecular flexibility index (Phi) is 9.13. The first-order valence-corrected chi connectivity index (χ1v) is 11.4. The number of ether oxygens (including phenoxy) is 2. The van der Waals surface area contributed by atoms with Gasteiger partial charge in [0.05, 0.1) is 46.8 Å². The molecule has 39 heavy (non-hydrogen) atoms. The van der Waals surface area contributed by atoms with Gasteiger partial charge in [-0.05, 0) is 60.2 Å². The molecule has 0 atom stereocenters. The van der Waals surface area contributed by atoms with Gasteiger partial charge in [0.25, 0.3) is 5.91 Å². The zero-order valence-electron chi connectivity index (χ0n) is 19.9. The van der Waals surface area contributed by atoms with Crippen molar-refractivity contribution in [3.05, 3.63) is 87.4 Å². The molecule has 0 N–H and O–H groups in total. The smallest absolute Gasteiger partial charge is 0.417 e. The molecule has 0 aliphatic carbocycles. The maximum atomic E-state index is 13.5. The molecule has 0 unspecified atom stereocenters. The number of rotatable bonds is 7. The molecular weight excluding hydrogens is 575 g/mol. The highest BCUT2D eigenvalue weighted by Crippen LogP contribution is 2.39. The van der Waals surface area contributed by atoms with E-state index in [1.165, 1.54) is 20.3 Å². The molecule has 0 aromatic heterocycles. The fourth-order valence-electron chi connectivity index (χ4n) is 3.14. The molecule has 206 valence electrons. The standard InChI is InChI=1S/C25H17Cl2F6N3O3/c1-38-17-9-14(10-18(13-17)39-2)3-8-23(37)36(16-5-7-22(27)20(12-16)25(31,32)33)35-34-15-4-6-21(26)19(11-15)24(28,29)30/h3-13H,1-2H3/b8-3+,35-34?. The highest BCUT2D eigenvalue weighted by atomic mass is 35.5. The lowest BCUT2D eigenvalue weighted by atomic mass is 10.1.